The molecule has 1 spiro atoms. The zero-order valence-corrected chi connectivity index (χ0v) is 17.1. The minimum Gasteiger partial charge on any atom is -0.493 e. The topological polar surface area (TPSA) is 60.2 Å². The van der Waals surface area contributed by atoms with E-state index >= 15 is 0 Å². The summed E-state index contributed by atoms with van der Waals surface area (Å²) >= 11 is 7.71. The Morgan fingerprint density at radius 2 is 2.28 bits per heavy atom. The van der Waals surface area contributed by atoms with Crippen LogP contribution in [0.5, 0.6) is 0 Å². The van der Waals surface area contributed by atoms with Crippen molar-refractivity contribution in [1.29, 1.82) is 10.8 Å². The number of nitrogens with zero attached hydrogens (tertiary/aromatic N) is 1. The van der Waals surface area contributed by atoms with Crippen LogP contribution in [-0.4, -0.2) is 39.7 Å². The van der Waals surface area contributed by atoms with Gasteiger partial charge in [0.25, 0.3) is 0 Å². The number of allylic oxidation sites excluding steroid dienone is 3. The molecule has 5 unspecified atom stereocenters. The van der Waals surface area contributed by atoms with Crippen LogP contribution >= 0.6 is 34.2 Å². The van der Waals surface area contributed by atoms with Gasteiger partial charge in [0, 0.05) is 36.3 Å². The van der Waals surface area contributed by atoms with Crippen LogP contribution in [0.4, 0.5) is 4.39 Å². The normalized spacial score (nSPS) is 29.6. The van der Waals surface area contributed by atoms with Crippen LogP contribution in [0.3, 0.4) is 0 Å². The summed E-state index contributed by atoms with van der Waals surface area (Å²) in [6, 6.07) is 0.0205. The molecule has 0 aromatic heterocycles. The van der Waals surface area contributed by atoms with Gasteiger partial charge in [0.2, 0.25) is 0 Å². The Balaban J connectivity index is 1.70. The molecule has 0 saturated carbocycles. The third-order valence-corrected chi connectivity index (χ3v) is 6.30. The van der Waals surface area contributed by atoms with Crippen molar-refractivity contribution < 1.29 is 9.13 Å². The predicted molar refractivity (Wildman–Crippen MR) is 107 cm³/mol. The number of rotatable bonds is 8. The Morgan fingerprint density at radius 1 is 1.64 bits per heavy atom. The molecular formula is C18H22ClFIN3O. The zero-order valence-electron chi connectivity index (χ0n) is 14.2. The molecule has 1 saturated heterocycles. The summed E-state index contributed by atoms with van der Waals surface area (Å²) in [5.41, 5.74) is 1.75. The van der Waals surface area contributed by atoms with Gasteiger partial charge in [0.1, 0.15) is 17.5 Å². The van der Waals surface area contributed by atoms with Crippen molar-refractivity contribution >= 4 is 45.6 Å². The van der Waals surface area contributed by atoms with E-state index in [9.17, 15) is 4.39 Å². The largest absolute Gasteiger partial charge is 0.493 e. The first kappa shape index (κ1) is 18.9. The van der Waals surface area contributed by atoms with Crippen molar-refractivity contribution in [2.75, 3.05) is 13.2 Å². The Bertz CT molecular complexity index is 684. The van der Waals surface area contributed by atoms with Gasteiger partial charge in [0.15, 0.2) is 4.18 Å². The van der Waals surface area contributed by atoms with Crippen molar-refractivity contribution in [3.05, 3.63) is 35.8 Å². The van der Waals surface area contributed by atoms with Crippen LogP contribution in [0.15, 0.2) is 35.8 Å². The van der Waals surface area contributed by atoms with E-state index in [0.717, 1.165) is 17.0 Å². The quantitative estimate of drug-likeness (QED) is 0.234. The van der Waals surface area contributed by atoms with Crippen LogP contribution in [0.2, 0.25) is 0 Å². The second-order valence-electron chi connectivity index (χ2n) is 6.98. The summed E-state index contributed by atoms with van der Waals surface area (Å²) in [7, 11) is 0. The molecule has 1 heterocycles. The Kier molecular flexibility index (Phi) is 5.05. The Morgan fingerprint density at radius 3 is 2.72 bits per heavy atom. The first-order valence-corrected chi connectivity index (χ1v) is 9.89. The monoisotopic (exact) mass is 477 g/mol. The minimum atomic E-state index is -1.04. The van der Waals surface area contributed by atoms with Crippen molar-refractivity contribution in [3.8, 4) is 0 Å². The zero-order chi connectivity index (χ0) is 18.5. The Labute approximate surface area is 166 Å². The molecule has 1 fully saturated rings. The summed E-state index contributed by atoms with van der Waals surface area (Å²) in [6.07, 6.45) is 5.56. The second-order valence-corrected chi connectivity index (χ2v) is 8.74. The van der Waals surface area contributed by atoms with Crippen LogP contribution in [0, 0.1) is 34.0 Å². The molecule has 2 N–H and O–H groups in total. The lowest BCUT2D eigenvalue weighted by Crippen LogP contribution is -2.38. The van der Waals surface area contributed by atoms with Gasteiger partial charge in [-0.2, -0.15) is 0 Å². The number of ether oxygens (including phenoxy) is 1. The van der Waals surface area contributed by atoms with Gasteiger partial charge in [-0.25, -0.2) is 4.39 Å². The van der Waals surface area contributed by atoms with E-state index in [1.807, 2.05) is 6.92 Å². The summed E-state index contributed by atoms with van der Waals surface area (Å²) in [5.74, 6) is 0.697. The number of alkyl halides is 2. The fourth-order valence-electron chi connectivity index (χ4n) is 3.99. The van der Waals surface area contributed by atoms with Crippen LogP contribution in [-0.2, 0) is 4.74 Å². The molecule has 3 rings (SSSR count). The number of hydrogen-bond donors (Lipinski definition) is 2. The lowest BCUT2D eigenvalue weighted by molar-refractivity contribution is 0.168. The maximum absolute atomic E-state index is 13.0. The van der Waals surface area contributed by atoms with Gasteiger partial charge < -0.3 is 15.0 Å². The predicted octanol–water partition coefficient (Wildman–Crippen LogP) is 4.51. The van der Waals surface area contributed by atoms with E-state index in [2.05, 4.69) is 30.6 Å². The van der Waals surface area contributed by atoms with Gasteiger partial charge in [-0.1, -0.05) is 30.3 Å². The third kappa shape index (κ3) is 3.16. The first-order chi connectivity index (χ1) is 11.7. The fourth-order valence-corrected chi connectivity index (χ4v) is 4.42. The first-order valence-electron chi connectivity index (χ1n) is 8.27. The van der Waals surface area contributed by atoms with Crippen molar-refractivity contribution in [1.82, 2.24) is 4.90 Å². The average molecular weight is 478 g/mol. The molecule has 2 aliphatic carbocycles. The lowest BCUT2D eigenvalue weighted by Gasteiger charge is -2.33. The highest BCUT2D eigenvalue weighted by Crippen LogP contribution is 2.57. The van der Waals surface area contributed by atoms with Gasteiger partial charge in [-0.3, -0.25) is 5.41 Å². The highest BCUT2D eigenvalue weighted by atomic mass is 127. The minimum absolute atomic E-state index is 0.0205. The highest BCUT2D eigenvalue weighted by Gasteiger charge is 2.56. The average Bonchev–Trinajstić information content (AvgIpc) is 3.42. The SMILES string of the molecule is C=C1N(C(C)C(C=N)C2C(C)=C2OCC(F)I)CC(C(=N)Cl)C12C=C2. The van der Waals surface area contributed by atoms with Crippen molar-refractivity contribution in [3.63, 3.8) is 0 Å². The summed E-state index contributed by atoms with van der Waals surface area (Å²) in [4.78, 5) is 2.16. The second kappa shape index (κ2) is 6.68. The van der Waals surface area contributed by atoms with E-state index in [1.165, 1.54) is 6.21 Å². The van der Waals surface area contributed by atoms with Crippen LogP contribution in [0.25, 0.3) is 0 Å². The maximum Gasteiger partial charge on any atom is 0.184 e. The molecule has 3 aliphatic rings. The molecule has 1 aliphatic heterocycles. The molecule has 0 amide bonds. The molecule has 0 radical (unpaired) electrons. The van der Waals surface area contributed by atoms with Crippen molar-refractivity contribution in [2.45, 2.75) is 24.1 Å². The molecule has 7 heteroatoms. The molecule has 0 aromatic rings. The number of likely N-dealkylation sites (tertiary alicyclic amines) is 1. The van der Waals surface area contributed by atoms with Crippen molar-refractivity contribution in [2.24, 2.45) is 23.2 Å². The van der Waals surface area contributed by atoms with E-state index in [4.69, 9.17) is 27.2 Å². The van der Waals surface area contributed by atoms with Gasteiger partial charge in [-0.15, -0.1) is 0 Å². The van der Waals surface area contributed by atoms with E-state index < -0.39 is 4.18 Å². The standard InChI is InChI=1S/C18H22ClFIN3O/c1-9-15(16(9)25-8-14(20)21)12(6-22)10(2)24-7-13(17(19)23)18(4-5-18)11(24)3/h4-6,10,12-15,22-23H,3,7-8H2,1-2H3. The van der Waals surface area contributed by atoms with Gasteiger partial charge in [-0.05, 0) is 42.0 Å². The molecule has 4 nitrogen and oxygen atoms in total. The maximum atomic E-state index is 13.0. The molecule has 0 aromatic carbocycles. The fraction of sp³-hybridized carbons (Fsp3) is 0.556. The summed E-state index contributed by atoms with van der Waals surface area (Å²) in [6.45, 7) is 8.94. The number of halogens is 3. The Hall–Kier alpha value is -0.890. The smallest absolute Gasteiger partial charge is 0.184 e. The van der Waals surface area contributed by atoms with E-state index in [0.29, 0.717) is 6.54 Å². The number of hydrogen-bond acceptors (Lipinski definition) is 4. The van der Waals surface area contributed by atoms with Gasteiger partial charge in [0.05, 0.1) is 11.3 Å². The molecule has 25 heavy (non-hydrogen) atoms. The molecule has 0 bridgehead atoms. The van der Waals surface area contributed by atoms with Gasteiger partial charge >= 0.3 is 0 Å². The van der Waals surface area contributed by atoms with E-state index in [-0.39, 0.29) is 41.0 Å². The molecule has 5 atom stereocenters. The van der Waals surface area contributed by atoms with Crippen LogP contribution < -0.4 is 0 Å². The van der Waals surface area contributed by atoms with Crippen LogP contribution in [0.1, 0.15) is 13.8 Å². The highest BCUT2D eigenvalue weighted by molar-refractivity contribution is 14.1. The molecular weight excluding hydrogens is 456 g/mol. The summed E-state index contributed by atoms with van der Waals surface area (Å²) < 4.78 is 17.6. The molecule has 136 valence electrons. The number of nitrogens with one attached hydrogen (secondary N) is 2. The third-order valence-electron chi connectivity index (χ3n) is 5.68. The van der Waals surface area contributed by atoms with E-state index in [1.54, 1.807) is 22.6 Å². The summed E-state index contributed by atoms with van der Waals surface area (Å²) in [5, 5.41) is 15.9. The lowest BCUT2D eigenvalue weighted by atomic mass is 9.89.